The van der Waals surface area contributed by atoms with Gasteiger partial charge in [0.2, 0.25) is 5.91 Å². The van der Waals surface area contributed by atoms with E-state index in [4.69, 9.17) is 5.21 Å². The van der Waals surface area contributed by atoms with Gasteiger partial charge in [-0.2, -0.15) is 0 Å². The lowest BCUT2D eigenvalue weighted by Gasteiger charge is -2.07. The highest BCUT2D eigenvalue weighted by atomic mass is 16.5. The zero-order chi connectivity index (χ0) is 17.2. The van der Waals surface area contributed by atoms with E-state index in [0.717, 1.165) is 32.0 Å². The van der Waals surface area contributed by atoms with Crippen LogP contribution in [0.5, 0.6) is 0 Å². The molecule has 0 atom stereocenters. The van der Waals surface area contributed by atoms with Gasteiger partial charge in [-0.25, -0.2) is 5.06 Å². The first-order valence-electron chi connectivity index (χ1n) is 9.57. The average Bonchev–Trinajstić information content (AvgIpc) is 2.54. The SMILES string of the molecule is CN(O)C(=O)CCCCCCCCCCCCCCCCC=O. The van der Waals surface area contributed by atoms with Gasteiger partial charge >= 0.3 is 0 Å². The summed E-state index contributed by atoms with van der Waals surface area (Å²) in [5, 5.41) is 9.60. The molecule has 0 aliphatic rings. The van der Waals surface area contributed by atoms with E-state index in [0.29, 0.717) is 11.5 Å². The van der Waals surface area contributed by atoms with E-state index in [1.165, 1.54) is 77.7 Å². The molecule has 0 rings (SSSR count). The summed E-state index contributed by atoms with van der Waals surface area (Å²) in [5.74, 6) is -0.186. The Balaban J connectivity index is 3.05. The Morgan fingerprint density at radius 2 is 1.09 bits per heavy atom. The van der Waals surface area contributed by atoms with Gasteiger partial charge in [-0.1, -0.05) is 77.0 Å². The highest BCUT2D eigenvalue weighted by Gasteiger charge is 2.04. The molecule has 0 fully saturated rings. The molecule has 0 saturated heterocycles. The van der Waals surface area contributed by atoms with Crippen LogP contribution in [0.1, 0.15) is 103 Å². The van der Waals surface area contributed by atoms with Crippen LogP contribution in [-0.4, -0.2) is 29.5 Å². The molecule has 0 unspecified atom stereocenters. The number of rotatable bonds is 17. The molecular weight excluding hydrogens is 290 g/mol. The third kappa shape index (κ3) is 17.3. The van der Waals surface area contributed by atoms with E-state index < -0.39 is 0 Å². The molecule has 0 bridgehead atoms. The average molecular weight is 328 g/mol. The third-order valence-electron chi connectivity index (χ3n) is 4.32. The van der Waals surface area contributed by atoms with E-state index in [1.807, 2.05) is 0 Å². The second kappa shape index (κ2) is 17.5. The first-order valence-corrected chi connectivity index (χ1v) is 9.57. The van der Waals surface area contributed by atoms with Crippen molar-refractivity contribution < 1.29 is 14.8 Å². The predicted molar refractivity (Wildman–Crippen MR) is 94.5 cm³/mol. The fourth-order valence-corrected chi connectivity index (χ4v) is 2.79. The second-order valence-corrected chi connectivity index (χ2v) is 6.57. The van der Waals surface area contributed by atoms with Crippen LogP contribution in [0.3, 0.4) is 0 Å². The summed E-state index contributed by atoms with van der Waals surface area (Å²) in [5.41, 5.74) is 0. The Morgan fingerprint density at radius 3 is 1.43 bits per heavy atom. The van der Waals surface area contributed by atoms with Gasteiger partial charge in [0.1, 0.15) is 6.29 Å². The lowest BCUT2D eigenvalue weighted by atomic mass is 10.0. The number of unbranched alkanes of at least 4 members (excludes halogenated alkanes) is 14. The van der Waals surface area contributed by atoms with Crippen LogP contribution in [0.4, 0.5) is 0 Å². The van der Waals surface area contributed by atoms with Crippen molar-refractivity contribution in [2.24, 2.45) is 0 Å². The molecule has 4 nitrogen and oxygen atoms in total. The highest BCUT2D eigenvalue weighted by molar-refractivity contribution is 5.74. The summed E-state index contributed by atoms with van der Waals surface area (Å²) in [6, 6.07) is 0. The van der Waals surface area contributed by atoms with Gasteiger partial charge < -0.3 is 4.79 Å². The quantitative estimate of drug-likeness (QED) is 0.171. The lowest BCUT2D eigenvalue weighted by molar-refractivity contribution is -0.159. The Bertz CT molecular complexity index is 280. The summed E-state index contributed by atoms with van der Waals surface area (Å²) in [7, 11) is 1.39. The van der Waals surface area contributed by atoms with Crippen LogP contribution in [0, 0.1) is 0 Å². The highest BCUT2D eigenvalue weighted by Crippen LogP contribution is 2.13. The standard InChI is InChI=1S/C19H37NO3/c1-20(23)19(22)17-15-13-11-9-7-5-3-2-4-6-8-10-12-14-16-18-21/h18,23H,2-17H2,1H3. The number of carbonyl (C=O) groups is 2. The van der Waals surface area contributed by atoms with E-state index >= 15 is 0 Å². The molecule has 1 N–H and O–H groups in total. The number of hydroxylamine groups is 2. The van der Waals surface area contributed by atoms with E-state index in [-0.39, 0.29) is 5.91 Å². The van der Waals surface area contributed by atoms with E-state index in [9.17, 15) is 9.59 Å². The predicted octanol–water partition coefficient (Wildman–Crippen LogP) is 5.27. The van der Waals surface area contributed by atoms with Crippen LogP contribution in [-0.2, 0) is 9.59 Å². The Kier molecular flexibility index (Phi) is 16.8. The maximum Gasteiger partial charge on any atom is 0.245 e. The molecule has 23 heavy (non-hydrogen) atoms. The maximum atomic E-state index is 11.2. The van der Waals surface area contributed by atoms with Gasteiger partial charge in [0, 0.05) is 19.9 Å². The van der Waals surface area contributed by atoms with E-state index in [1.54, 1.807) is 0 Å². The van der Waals surface area contributed by atoms with Crippen LogP contribution >= 0.6 is 0 Å². The molecule has 136 valence electrons. The van der Waals surface area contributed by atoms with Crippen molar-refractivity contribution in [2.75, 3.05) is 7.05 Å². The maximum absolute atomic E-state index is 11.2. The van der Waals surface area contributed by atoms with Crippen molar-refractivity contribution in [1.29, 1.82) is 0 Å². The molecular formula is C19H37NO3. The largest absolute Gasteiger partial charge is 0.303 e. The summed E-state index contributed by atoms with van der Waals surface area (Å²) in [6.45, 7) is 0. The van der Waals surface area contributed by atoms with Crippen molar-refractivity contribution in [3.05, 3.63) is 0 Å². The molecule has 0 saturated carbocycles. The normalized spacial score (nSPS) is 10.7. The van der Waals surface area contributed by atoms with Gasteiger partial charge in [-0.3, -0.25) is 10.0 Å². The monoisotopic (exact) mass is 327 g/mol. The topological polar surface area (TPSA) is 57.6 Å². The Hall–Kier alpha value is -0.900. The number of nitrogens with zero attached hydrogens (tertiary/aromatic N) is 1. The molecule has 0 aromatic heterocycles. The summed E-state index contributed by atoms with van der Waals surface area (Å²) >= 11 is 0. The van der Waals surface area contributed by atoms with Crippen LogP contribution in [0.25, 0.3) is 0 Å². The molecule has 0 radical (unpaired) electrons. The van der Waals surface area contributed by atoms with Crippen LogP contribution < -0.4 is 0 Å². The van der Waals surface area contributed by atoms with Crippen LogP contribution in [0.2, 0.25) is 0 Å². The third-order valence-corrected chi connectivity index (χ3v) is 4.32. The number of hydrogen-bond acceptors (Lipinski definition) is 3. The smallest absolute Gasteiger partial charge is 0.245 e. The number of amides is 1. The zero-order valence-electron chi connectivity index (χ0n) is 15.1. The van der Waals surface area contributed by atoms with Crippen molar-refractivity contribution in [2.45, 2.75) is 103 Å². The lowest BCUT2D eigenvalue weighted by Crippen LogP contribution is -2.21. The van der Waals surface area contributed by atoms with Gasteiger partial charge in [0.25, 0.3) is 0 Å². The number of carbonyl (C=O) groups excluding carboxylic acids is 2. The van der Waals surface area contributed by atoms with Crippen molar-refractivity contribution in [3.63, 3.8) is 0 Å². The first-order chi connectivity index (χ1) is 11.2. The fraction of sp³-hybridized carbons (Fsp3) is 0.895. The van der Waals surface area contributed by atoms with Crippen LogP contribution in [0.15, 0.2) is 0 Å². The van der Waals surface area contributed by atoms with Gasteiger partial charge in [-0.15, -0.1) is 0 Å². The van der Waals surface area contributed by atoms with Gasteiger partial charge in [0.15, 0.2) is 0 Å². The minimum absolute atomic E-state index is 0.186. The van der Waals surface area contributed by atoms with Crippen molar-refractivity contribution in [1.82, 2.24) is 5.06 Å². The Labute approximate surface area is 142 Å². The minimum Gasteiger partial charge on any atom is -0.303 e. The van der Waals surface area contributed by atoms with E-state index in [2.05, 4.69) is 0 Å². The van der Waals surface area contributed by atoms with Gasteiger partial charge in [-0.05, 0) is 12.8 Å². The summed E-state index contributed by atoms with van der Waals surface area (Å²) < 4.78 is 0. The summed E-state index contributed by atoms with van der Waals surface area (Å²) in [4.78, 5) is 21.3. The zero-order valence-corrected chi connectivity index (χ0v) is 15.1. The molecule has 0 aliphatic carbocycles. The molecule has 0 aliphatic heterocycles. The number of aldehydes is 1. The molecule has 0 spiro atoms. The molecule has 0 heterocycles. The molecule has 4 heteroatoms. The molecule has 0 aromatic carbocycles. The first kappa shape index (κ1) is 22.1. The summed E-state index contributed by atoms with van der Waals surface area (Å²) in [6.07, 6.45) is 19.5. The van der Waals surface area contributed by atoms with Crippen molar-refractivity contribution in [3.8, 4) is 0 Å². The van der Waals surface area contributed by atoms with Gasteiger partial charge in [0.05, 0.1) is 0 Å². The molecule has 1 amide bonds. The van der Waals surface area contributed by atoms with Crippen molar-refractivity contribution >= 4 is 12.2 Å². The fourth-order valence-electron chi connectivity index (χ4n) is 2.79. The second-order valence-electron chi connectivity index (χ2n) is 6.57. The Morgan fingerprint density at radius 1 is 0.739 bits per heavy atom. The molecule has 0 aromatic rings. The minimum atomic E-state index is -0.186. The number of hydrogen-bond donors (Lipinski definition) is 1.